The molecular weight excluding hydrogens is 366 g/mol. The second kappa shape index (κ2) is 6.73. The summed E-state index contributed by atoms with van der Waals surface area (Å²) in [7, 11) is 3.74. The molecule has 3 aromatic heterocycles. The number of hydrogen-bond donors (Lipinski definition) is 0. The minimum Gasteiger partial charge on any atom is -0.377 e. The van der Waals surface area contributed by atoms with E-state index in [0.29, 0.717) is 24.3 Å². The minimum absolute atomic E-state index is 0.335. The molecule has 0 bridgehead atoms. The molecule has 0 unspecified atom stereocenters. The summed E-state index contributed by atoms with van der Waals surface area (Å²) in [6.45, 7) is 4.16. The quantitative estimate of drug-likeness (QED) is 0.522. The second-order valence-corrected chi connectivity index (χ2v) is 7.58. The van der Waals surface area contributed by atoms with Crippen LogP contribution in [0.5, 0.6) is 0 Å². The van der Waals surface area contributed by atoms with E-state index in [9.17, 15) is 0 Å². The van der Waals surface area contributed by atoms with Gasteiger partial charge in [0.2, 0.25) is 0 Å². The van der Waals surface area contributed by atoms with E-state index in [1.807, 2.05) is 26.0 Å². The first-order valence-electron chi connectivity index (χ1n) is 9.74. The van der Waals surface area contributed by atoms with Crippen molar-refractivity contribution in [3.05, 3.63) is 59.3 Å². The maximum absolute atomic E-state index is 5.26. The van der Waals surface area contributed by atoms with Crippen LogP contribution in [0.2, 0.25) is 0 Å². The minimum atomic E-state index is 0.335. The van der Waals surface area contributed by atoms with Crippen molar-refractivity contribution in [2.75, 3.05) is 7.11 Å². The van der Waals surface area contributed by atoms with Gasteiger partial charge >= 0.3 is 0 Å². The lowest BCUT2D eigenvalue weighted by molar-refractivity contribution is 0.175. The zero-order valence-electron chi connectivity index (χ0n) is 17.0. The summed E-state index contributed by atoms with van der Waals surface area (Å²) in [6.07, 6.45) is 1.04. The highest BCUT2D eigenvalue weighted by atomic mass is 16.5. The number of para-hydroxylation sites is 2. The number of methoxy groups -OCH3 is 1. The average Bonchev–Trinajstić information content (AvgIpc) is 3.31. The van der Waals surface area contributed by atoms with E-state index < -0.39 is 0 Å². The molecule has 3 heterocycles. The molecule has 2 atom stereocenters. The summed E-state index contributed by atoms with van der Waals surface area (Å²) < 4.78 is 9.22. The molecule has 0 N–H and O–H groups in total. The van der Waals surface area contributed by atoms with E-state index in [4.69, 9.17) is 14.7 Å². The van der Waals surface area contributed by atoms with Gasteiger partial charge in [-0.25, -0.2) is 19.9 Å². The van der Waals surface area contributed by atoms with Crippen LogP contribution in [0.1, 0.15) is 47.2 Å². The van der Waals surface area contributed by atoms with Crippen molar-refractivity contribution in [3.63, 3.8) is 0 Å². The van der Waals surface area contributed by atoms with Crippen molar-refractivity contribution in [2.45, 2.75) is 38.7 Å². The molecule has 0 amide bonds. The number of nitrogens with zero attached hydrogens (tertiary/aromatic N) is 7. The number of benzene rings is 1. The average molecular weight is 389 g/mol. The number of ether oxygens (including phenoxy) is 1. The fourth-order valence-electron chi connectivity index (χ4n) is 4.04. The highest BCUT2D eigenvalue weighted by Gasteiger charge is 2.44. The lowest BCUT2D eigenvalue weighted by Gasteiger charge is -2.08. The molecule has 0 radical (unpaired) electrons. The normalized spacial score (nSPS) is 18.5. The molecule has 0 aliphatic heterocycles. The summed E-state index contributed by atoms with van der Waals surface area (Å²) >= 11 is 0. The summed E-state index contributed by atoms with van der Waals surface area (Å²) in [5.74, 6) is 4.70. The largest absolute Gasteiger partial charge is 0.377 e. The molecule has 5 rings (SSSR count). The van der Waals surface area contributed by atoms with Gasteiger partial charge in [-0.05, 0) is 32.4 Å². The van der Waals surface area contributed by atoms with Crippen LogP contribution in [0.4, 0.5) is 0 Å². The molecule has 8 nitrogen and oxygen atoms in total. The molecule has 4 aromatic rings. The van der Waals surface area contributed by atoms with Gasteiger partial charge in [-0.15, -0.1) is 5.10 Å². The Labute approximate surface area is 168 Å². The second-order valence-electron chi connectivity index (χ2n) is 7.58. The van der Waals surface area contributed by atoms with Crippen molar-refractivity contribution in [2.24, 2.45) is 7.05 Å². The first kappa shape index (κ1) is 17.9. The third-order valence-corrected chi connectivity index (χ3v) is 5.44. The van der Waals surface area contributed by atoms with Gasteiger partial charge in [0, 0.05) is 32.1 Å². The number of aromatic nitrogens is 7. The van der Waals surface area contributed by atoms with Crippen LogP contribution in [-0.2, 0) is 18.4 Å². The molecule has 8 heteroatoms. The summed E-state index contributed by atoms with van der Waals surface area (Å²) in [4.78, 5) is 18.6. The lowest BCUT2D eigenvalue weighted by atomic mass is 10.2. The van der Waals surface area contributed by atoms with Gasteiger partial charge in [-0.1, -0.05) is 12.1 Å². The molecular formula is C21H23N7O. The predicted octanol–water partition coefficient (Wildman–Crippen LogP) is 2.98. The van der Waals surface area contributed by atoms with E-state index in [2.05, 4.69) is 44.9 Å². The van der Waals surface area contributed by atoms with Gasteiger partial charge in [0.15, 0.2) is 11.6 Å². The van der Waals surface area contributed by atoms with Crippen LogP contribution in [0.15, 0.2) is 30.3 Å². The van der Waals surface area contributed by atoms with E-state index in [1.165, 1.54) is 0 Å². The summed E-state index contributed by atoms with van der Waals surface area (Å²) in [5.41, 5.74) is 3.23. The number of rotatable bonds is 5. The highest BCUT2D eigenvalue weighted by molar-refractivity contribution is 5.76. The fraction of sp³-hybridized carbons (Fsp3) is 0.381. The first-order valence-corrected chi connectivity index (χ1v) is 9.74. The van der Waals surface area contributed by atoms with E-state index in [0.717, 1.165) is 46.4 Å². The zero-order chi connectivity index (χ0) is 20.1. The number of imidazole rings is 1. The molecule has 0 spiro atoms. The maximum Gasteiger partial charge on any atom is 0.160 e. The van der Waals surface area contributed by atoms with E-state index in [1.54, 1.807) is 11.8 Å². The van der Waals surface area contributed by atoms with Gasteiger partial charge in [-0.2, -0.15) is 4.68 Å². The summed E-state index contributed by atoms with van der Waals surface area (Å²) in [5, 5.41) is 4.50. The Bertz CT molecular complexity index is 1210. The first-order chi connectivity index (χ1) is 14.0. The number of fused-ring (bicyclic) bond motifs is 1. The van der Waals surface area contributed by atoms with Crippen molar-refractivity contribution < 1.29 is 4.74 Å². The summed E-state index contributed by atoms with van der Waals surface area (Å²) in [6, 6.07) is 10.3. The van der Waals surface area contributed by atoms with Crippen LogP contribution in [-0.4, -0.2) is 41.4 Å². The van der Waals surface area contributed by atoms with Crippen LogP contribution >= 0.6 is 0 Å². The van der Waals surface area contributed by atoms with Gasteiger partial charge < -0.3 is 9.30 Å². The standard InChI is InChI=1S/C21H23N7O/c1-12-22-17(10-19(23-12)28-20(11-29-4)24-13(2)26-28)14-9-15(14)21-25-16-7-5-6-8-18(16)27(21)3/h5-8,10,14-15H,9,11H2,1-4H3/t14-,15-/m0/s1. The topological polar surface area (TPSA) is 83.5 Å². The van der Waals surface area contributed by atoms with Crippen LogP contribution in [0.3, 0.4) is 0 Å². The maximum atomic E-state index is 5.26. The SMILES string of the molecule is COCc1nc(C)nn1-c1cc([C@H]2C[C@@H]2c2nc3ccccc3n2C)nc(C)n1. The molecule has 0 saturated heterocycles. The Morgan fingerprint density at radius 1 is 1.03 bits per heavy atom. The van der Waals surface area contributed by atoms with Gasteiger partial charge in [0.25, 0.3) is 0 Å². The third kappa shape index (κ3) is 3.09. The van der Waals surface area contributed by atoms with Gasteiger partial charge in [0.05, 0.1) is 16.7 Å². The molecule has 148 valence electrons. The monoisotopic (exact) mass is 389 g/mol. The highest BCUT2D eigenvalue weighted by Crippen LogP contribution is 2.54. The molecule has 1 aliphatic carbocycles. The van der Waals surface area contributed by atoms with Crippen molar-refractivity contribution in [3.8, 4) is 5.82 Å². The van der Waals surface area contributed by atoms with Crippen LogP contribution in [0.25, 0.3) is 16.9 Å². The molecule has 1 fully saturated rings. The smallest absolute Gasteiger partial charge is 0.160 e. The van der Waals surface area contributed by atoms with Crippen molar-refractivity contribution in [1.82, 2.24) is 34.3 Å². The fourth-order valence-corrected chi connectivity index (χ4v) is 4.04. The lowest BCUT2D eigenvalue weighted by Crippen LogP contribution is -2.09. The Balaban J connectivity index is 1.49. The zero-order valence-corrected chi connectivity index (χ0v) is 17.0. The van der Waals surface area contributed by atoms with Crippen LogP contribution < -0.4 is 0 Å². The third-order valence-electron chi connectivity index (χ3n) is 5.44. The Morgan fingerprint density at radius 3 is 2.66 bits per heavy atom. The number of aryl methyl sites for hydroxylation is 3. The van der Waals surface area contributed by atoms with Gasteiger partial charge in [0.1, 0.15) is 24.1 Å². The Hall–Kier alpha value is -3.13. The Kier molecular flexibility index (Phi) is 4.16. The van der Waals surface area contributed by atoms with Gasteiger partial charge in [-0.3, -0.25) is 0 Å². The predicted molar refractivity (Wildman–Crippen MR) is 108 cm³/mol. The number of hydrogen-bond acceptors (Lipinski definition) is 6. The molecule has 1 aromatic carbocycles. The molecule has 1 aliphatic rings. The molecule has 29 heavy (non-hydrogen) atoms. The van der Waals surface area contributed by atoms with Crippen molar-refractivity contribution >= 4 is 11.0 Å². The van der Waals surface area contributed by atoms with Crippen molar-refractivity contribution in [1.29, 1.82) is 0 Å². The molecule has 1 saturated carbocycles. The Morgan fingerprint density at radius 2 is 1.86 bits per heavy atom. The van der Waals surface area contributed by atoms with Crippen LogP contribution in [0, 0.1) is 13.8 Å². The van der Waals surface area contributed by atoms with E-state index >= 15 is 0 Å². The van der Waals surface area contributed by atoms with E-state index in [-0.39, 0.29) is 0 Å².